The number of halogens is 1. The lowest BCUT2D eigenvalue weighted by atomic mass is 10.2. The van der Waals surface area contributed by atoms with E-state index in [1.165, 1.54) is 28.1 Å². The highest BCUT2D eigenvalue weighted by Gasteiger charge is 2.39. The number of hydrogen-bond donors (Lipinski definition) is 0. The quantitative estimate of drug-likeness (QED) is 0.781. The number of fused-ring (bicyclic) bond motifs is 1. The van der Waals surface area contributed by atoms with Crippen LogP contribution in [0.5, 0.6) is 0 Å². The van der Waals surface area contributed by atoms with E-state index in [1.807, 2.05) is 0 Å². The fourth-order valence-electron chi connectivity index (χ4n) is 3.21. The molecule has 1 amide bonds. The topological polar surface area (TPSA) is 79.3 Å². The van der Waals surface area contributed by atoms with Crippen LogP contribution in [0.3, 0.4) is 0 Å². The summed E-state index contributed by atoms with van der Waals surface area (Å²) in [6.07, 6.45) is 0. The number of nitrogens with zero attached hydrogens (tertiary/aromatic N) is 3. The largest absolute Gasteiger partial charge is 0.378 e. The number of amides is 1. The van der Waals surface area contributed by atoms with E-state index in [1.54, 1.807) is 30.3 Å². The van der Waals surface area contributed by atoms with E-state index >= 15 is 0 Å². The van der Waals surface area contributed by atoms with Gasteiger partial charge in [-0.15, -0.1) is 0 Å². The van der Waals surface area contributed by atoms with Crippen LogP contribution in [0.4, 0.5) is 10.1 Å². The lowest BCUT2D eigenvalue weighted by molar-refractivity contribution is -0.127. The van der Waals surface area contributed by atoms with Gasteiger partial charge < -0.3 is 9.64 Å². The minimum atomic E-state index is -4.06. The second-order valence-electron chi connectivity index (χ2n) is 6.47. The Morgan fingerprint density at radius 1 is 1.11 bits per heavy atom. The van der Waals surface area contributed by atoms with Crippen molar-refractivity contribution in [2.75, 3.05) is 31.3 Å². The summed E-state index contributed by atoms with van der Waals surface area (Å²) >= 11 is 0. The fraction of sp³-hybridized carbons (Fsp3) is 0.263. The third-order valence-electron chi connectivity index (χ3n) is 4.60. The van der Waals surface area contributed by atoms with Crippen LogP contribution in [0.25, 0.3) is 0 Å². The average Bonchev–Trinajstić information content (AvgIpc) is 2.70. The molecule has 28 heavy (non-hydrogen) atoms. The summed E-state index contributed by atoms with van der Waals surface area (Å²) in [4.78, 5) is 14.3. The van der Waals surface area contributed by atoms with Gasteiger partial charge in [0.15, 0.2) is 0 Å². The van der Waals surface area contributed by atoms with Crippen LogP contribution in [0.2, 0.25) is 0 Å². The van der Waals surface area contributed by atoms with Gasteiger partial charge in [-0.2, -0.15) is 5.10 Å². The predicted molar refractivity (Wildman–Crippen MR) is 101 cm³/mol. The molecule has 2 aliphatic rings. The van der Waals surface area contributed by atoms with Gasteiger partial charge in [-0.25, -0.2) is 12.8 Å². The Balaban J connectivity index is 1.76. The van der Waals surface area contributed by atoms with E-state index in [2.05, 4.69) is 5.10 Å². The lowest BCUT2D eigenvalue weighted by Crippen LogP contribution is -2.47. The number of ether oxygens (including phenoxy) is 1. The molecular formula is C19H18FN3O4S. The first-order chi connectivity index (χ1) is 13.5. The molecule has 2 aliphatic heterocycles. The van der Waals surface area contributed by atoms with Gasteiger partial charge in [-0.3, -0.25) is 9.80 Å². The normalized spacial score (nSPS) is 18.4. The van der Waals surface area contributed by atoms with Gasteiger partial charge in [0.2, 0.25) is 14.9 Å². The summed E-state index contributed by atoms with van der Waals surface area (Å²) in [6, 6.07) is 12.3. The molecule has 0 aromatic heterocycles. The van der Waals surface area contributed by atoms with E-state index in [9.17, 15) is 17.6 Å². The van der Waals surface area contributed by atoms with Crippen LogP contribution in [-0.2, 0) is 25.9 Å². The van der Waals surface area contributed by atoms with E-state index in [4.69, 9.17) is 4.74 Å². The molecule has 9 heteroatoms. The molecule has 0 radical (unpaired) electrons. The molecule has 0 spiro atoms. The number of benzene rings is 2. The summed E-state index contributed by atoms with van der Waals surface area (Å²) in [6.45, 7) is 1.44. The van der Waals surface area contributed by atoms with Crippen LogP contribution >= 0.6 is 0 Å². The Labute approximate surface area is 161 Å². The van der Waals surface area contributed by atoms with Crippen molar-refractivity contribution in [3.8, 4) is 0 Å². The summed E-state index contributed by atoms with van der Waals surface area (Å²) in [7, 11) is -4.06. The molecule has 0 atom stereocenters. The molecule has 0 unspecified atom stereocenters. The van der Waals surface area contributed by atoms with Crippen molar-refractivity contribution in [3.63, 3.8) is 0 Å². The average molecular weight is 403 g/mol. The molecule has 0 bridgehead atoms. The minimum absolute atomic E-state index is 0.0120. The summed E-state index contributed by atoms with van der Waals surface area (Å²) in [5.74, 6) is -1.05. The van der Waals surface area contributed by atoms with Gasteiger partial charge in [-0.1, -0.05) is 24.3 Å². The molecule has 2 heterocycles. The van der Waals surface area contributed by atoms with Crippen LogP contribution in [0.1, 0.15) is 5.56 Å². The molecule has 7 nitrogen and oxygen atoms in total. The Kier molecular flexibility index (Phi) is 4.86. The van der Waals surface area contributed by atoms with Crippen LogP contribution in [-0.4, -0.2) is 50.6 Å². The maximum Gasteiger partial charge on any atom is 0.286 e. The molecule has 0 saturated carbocycles. The highest BCUT2D eigenvalue weighted by atomic mass is 32.2. The Morgan fingerprint density at radius 2 is 1.86 bits per heavy atom. The van der Waals surface area contributed by atoms with Crippen LogP contribution in [0.15, 0.2) is 58.5 Å². The number of rotatable bonds is 3. The summed E-state index contributed by atoms with van der Waals surface area (Å²) in [5, 5.41) is 5.09. The second kappa shape index (κ2) is 7.33. The lowest BCUT2D eigenvalue weighted by Gasteiger charge is -2.31. The molecule has 1 saturated heterocycles. The molecule has 2 aromatic rings. The van der Waals surface area contributed by atoms with E-state index in [0.717, 1.165) is 0 Å². The van der Waals surface area contributed by atoms with Crippen molar-refractivity contribution >= 4 is 26.5 Å². The number of para-hydroxylation sites is 1. The molecule has 146 valence electrons. The SMILES string of the molecule is O=C(C1=NN(Cc2cccc(F)c2)c2ccccc2S1(=O)=O)N1CCOCC1. The van der Waals surface area contributed by atoms with Gasteiger partial charge in [-0.05, 0) is 29.8 Å². The first-order valence-electron chi connectivity index (χ1n) is 8.78. The summed E-state index contributed by atoms with van der Waals surface area (Å²) in [5.41, 5.74) is 0.960. The smallest absolute Gasteiger partial charge is 0.286 e. The fourth-order valence-corrected chi connectivity index (χ4v) is 4.69. The predicted octanol–water partition coefficient (Wildman–Crippen LogP) is 1.79. The molecule has 4 rings (SSSR count). The van der Waals surface area contributed by atoms with E-state index in [0.29, 0.717) is 37.6 Å². The maximum atomic E-state index is 13.6. The first-order valence-corrected chi connectivity index (χ1v) is 10.3. The van der Waals surface area contributed by atoms with E-state index in [-0.39, 0.29) is 11.4 Å². The third-order valence-corrected chi connectivity index (χ3v) is 6.29. The summed E-state index contributed by atoms with van der Waals surface area (Å²) < 4.78 is 44.9. The first kappa shape index (κ1) is 18.6. The minimum Gasteiger partial charge on any atom is -0.378 e. The maximum absolute atomic E-state index is 13.6. The molecule has 1 fully saturated rings. The van der Waals surface area contributed by atoms with Crippen molar-refractivity contribution in [2.45, 2.75) is 11.4 Å². The monoisotopic (exact) mass is 403 g/mol. The molecule has 2 aromatic carbocycles. The molecule has 0 aliphatic carbocycles. The zero-order valence-electron chi connectivity index (χ0n) is 14.9. The standard InChI is InChI=1S/C19H18FN3O4S/c20-15-5-3-4-14(12-15)13-23-16-6-1-2-7-17(16)28(25,26)18(21-23)19(24)22-8-10-27-11-9-22/h1-7,12H,8-11,13H2. The number of carbonyl (C=O) groups excluding carboxylic acids is 1. The number of carbonyl (C=O) groups is 1. The van der Waals surface area contributed by atoms with Gasteiger partial charge >= 0.3 is 0 Å². The Morgan fingerprint density at radius 3 is 2.61 bits per heavy atom. The van der Waals surface area contributed by atoms with Crippen LogP contribution in [0, 0.1) is 5.82 Å². The highest BCUT2D eigenvalue weighted by Crippen LogP contribution is 2.33. The number of hydrazone groups is 1. The zero-order chi connectivity index (χ0) is 19.7. The van der Waals surface area contributed by atoms with Gasteiger partial charge in [0.05, 0.1) is 30.3 Å². The van der Waals surface area contributed by atoms with Gasteiger partial charge in [0, 0.05) is 13.1 Å². The Hall–Kier alpha value is -2.78. The number of morpholine rings is 1. The number of hydrogen-bond acceptors (Lipinski definition) is 6. The van der Waals surface area contributed by atoms with Crippen LogP contribution < -0.4 is 5.01 Å². The molecule has 0 N–H and O–H groups in total. The van der Waals surface area contributed by atoms with Gasteiger partial charge in [0.1, 0.15) is 5.82 Å². The van der Waals surface area contributed by atoms with Crippen molar-refractivity contribution in [1.29, 1.82) is 0 Å². The molecular weight excluding hydrogens is 385 g/mol. The number of sulfone groups is 1. The van der Waals surface area contributed by atoms with E-state index < -0.39 is 26.6 Å². The van der Waals surface area contributed by atoms with Crippen molar-refractivity contribution < 1.29 is 22.3 Å². The highest BCUT2D eigenvalue weighted by molar-refractivity contribution is 8.08. The third kappa shape index (κ3) is 3.38. The van der Waals surface area contributed by atoms with Gasteiger partial charge in [0.25, 0.3) is 5.91 Å². The Bertz CT molecular complexity index is 1050. The van der Waals surface area contributed by atoms with Crippen molar-refractivity contribution in [1.82, 2.24) is 4.90 Å². The second-order valence-corrected chi connectivity index (χ2v) is 8.30. The van der Waals surface area contributed by atoms with Crippen molar-refractivity contribution in [3.05, 3.63) is 59.9 Å². The zero-order valence-corrected chi connectivity index (χ0v) is 15.7. The number of anilines is 1. The van der Waals surface area contributed by atoms with Crippen molar-refractivity contribution in [2.24, 2.45) is 5.10 Å².